The highest BCUT2D eigenvalue weighted by Crippen LogP contribution is 2.43. The molecule has 2 heterocycles. The van der Waals surface area contributed by atoms with Crippen molar-refractivity contribution in [3.63, 3.8) is 0 Å². The van der Waals surface area contributed by atoms with Gasteiger partial charge in [-0.05, 0) is 35.4 Å². The van der Waals surface area contributed by atoms with Crippen molar-refractivity contribution in [2.24, 2.45) is 4.99 Å². The SMILES string of the molecule is O=C(NN1CCOCC1)[C@@]1(C/C=C/c2ccccc2)N=C(c2ccc(OCCCO)cc2)O[C@H]1c1ccccc1. The lowest BCUT2D eigenvalue weighted by molar-refractivity contribution is -0.136. The van der Waals surface area contributed by atoms with Gasteiger partial charge in [-0.3, -0.25) is 10.2 Å². The second-order valence-electron chi connectivity index (χ2n) is 9.76. The van der Waals surface area contributed by atoms with E-state index in [0.717, 1.165) is 16.7 Å². The number of carbonyl (C=O) groups excluding carboxylic acids is 1. The van der Waals surface area contributed by atoms with E-state index < -0.39 is 11.6 Å². The molecule has 3 aromatic rings. The maximum absolute atomic E-state index is 14.2. The second-order valence-corrected chi connectivity index (χ2v) is 9.76. The summed E-state index contributed by atoms with van der Waals surface area (Å²) in [5.74, 6) is 0.874. The number of hydrazine groups is 1. The van der Waals surface area contributed by atoms with Gasteiger partial charge in [-0.15, -0.1) is 0 Å². The van der Waals surface area contributed by atoms with Crippen LogP contribution in [0.1, 0.15) is 35.6 Å². The number of aliphatic hydroxyl groups is 1. The number of nitrogens with one attached hydrogen (secondary N) is 1. The van der Waals surface area contributed by atoms with Gasteiger partial charge in [0.25, 0.3) is 5.91 Å². The topological polar surface area (TPSA) is 92.6 Å². The Balaban J connectivity index is 1.50. The molecule has 1 fully saturated rings. The zero-order valence-corrected chi connectivity index (χ0v) is 22.4. The molecule has 2 aliphatic heterocycles. The fraction of sp³-hybridized carbons (Fsp3) is 0.312. The number of hydrogen-bond donors (Lipinski definition) is 2. The lowest BCUT2D eigenvalue weighted by Crippen LogP contribution is -2.56. The maximum Gasteiger partial charge on any atom is 0.266 e. The van der Waals surface area contributed by atoms with Crippen molar-refractivity contribution >= 4 is 17.9 Å². The number of nitrogens with zero attached hydrogens (tertiary/aromatic N) is 2. The quantitative estimate of drug-likeness (QED) is 0.354. The summed E-state index contributed by atoms with van der Waals surface area (Å²) in [6, 6.07) is 27.2. The van der Waals surface area contributed by atoms with Crippen LogP contribution < -0.4 is 10.2 Å². The number of aliphatic hydroxyl groups excluding tert-OH is 1. The predicted octanol–water partition coefficient (Wildman–Crippen LogP) is 4.17. The number of benzene rings is 3. The molecule has 0 aromatic heterocycles. The van der Waals surface area contributed by atoms with Gasteiger partial charge in [-0.2, -0.15) is 0 Å². The summed E-state index contributed by atoms with van der Waals surface area (Å²) >= 11 is 0. The Hall–Kier alpha value is -3.98. The minimum Gasteiger partial charge on any atom is -0.494 e. The van der Waals surface area contributed by atoms with Crippen molar-refractivity contribution in [2.75, 3.05) is 39.5 Å². The zero-order valence-electron chi connectivity index (χ0n) is 22.4. The Bertz CT molecular complexity index is 1290. The number of hydrogen-bond acceptors (Lipinski definition) is 7. The van der Waals surface area contributed by atoms with Crippen molar-refractivity contribution < 1.29 is 24.1 Å². The smallest absolute Gasteiger partial charge is 0.266 e. The van der Waals surface area contributed by atoms with Gasteiger partial charge in [0.2, 0.25) is 5.90 Å². The molecule has 0 aliphatic carbocycles. The van der Waals surface area contributed by atoms with Gasteiger partial charge >= 0.3 is 0 Å². The van der Waals surface area contributed by atoms with Crippen LogP contribution in [0.5, 0.6) is 5.75 Å². The molecule has 2 N–H and O–H groups in total. The van der Waals surface area contributed by atoms with Crippen molar-refractivity contribution in [1.82, 2.24) is 10.4 Å². The Morgan fingerprint density at radius 2 is 1.73 bits per heavy atom. The first kappa shape index (κ1) is 27.6. The molecule has 0 unspecified atom stereocenters. The molecule has 0 saturated carbocycles. The maximum atomic E-state index is 14.2. The van der Waals surface area contributed by atoms with E-state index in [4.69, 9.17) is 24.3 Å². The number of aliphatic imine (C=N–C) groups is 1. The molecule has 0 spiro atoms. The molecule has 3 aromatic carbocycles. The summed E-state index contributed by atoms with van der Waals surface area (Å²) in [6.07, 6.45) is 4.28. The van der Waals surface area contributed by atoms with Crippen LogP contribution >= 0.6 is 0 Å². The molecule has 208 valence electrons. The molecule has 2 aliphatic rings. The summed E-state index contributed by atoms with van der Waals surface area (Å²) in [5.41, 5.74) is 4.54. The molecule has 1 amide bonds. The molecular weight excluding hydrogens is 506 g/mol. The summed E-state index contributed by atoms with van der Waals surface area (Å²) < 4.78 is 17.7. The zero-order chi connectivity index (χ0) is 27.6. The van der Waals surface area contributed by atoms with Crippen LogP contribution in [0.25, 0.3) is 6.08 Å². The number of rotatable bonds is 11. The largest absolute Gasteiger partial charge is 0.494 e. The van der Waals surface area contributed by atoms with Crippen LogP contribution in [-0.4, -0.2) is 67.0 Å². The number of morpholine rings is 1. The Morgan fingerprint density at radius 1 is 1.02 bits per heavy atom. The van der Waals surface area contributed by atoms with E-state index in [0.29, 0.717) is 57.4 Å². The molecule has 0 bridgehead atoms. The van der Waals surface area contributed by atoms with E-state index in [1.807, 2.05) is 102 Å². The van der Waals surface area contributed by atoms with Crippen LogP contribution in [0.2, 0.25) is 0 Å². The van der Waals surface area contributed by atoms with E-state index in [2.05, 4.69) is 5.43 Å². The van der Waals surface area contributed by atoms with E-state index in [1.165, 1.54) is 0 Å². The minimum absolute atomic E-state index is 0.0803. The van der Waals surface area contributed by atoms with E-state index in [1.54, 1.807) is 0 Å². The summed E-state index contributed by atoms with van der Waals surface area (Å²) in [5, 5.41) is 10.9. The summed E-state index contributed by atoms with van der Waals surface area (Å²) in [6.45, 7) is 2.83. The van der Waals surface area contributed by atoms with Gasteiger partial charge in [0, 0.05) is 38.1 Å². The van der Waals surface area contributed by atoms with E-state index in [-0.39, 0.29) is 12.5 Å². The molecule has 2 atom stereocenters. The Morgan fingerprint density at radius 3 is 2.42 bits per heavy atom. The Labute approximate surface area is 234 Å². The van der Waals surface area contributed by atoms with Gasteiger partial charge < -0.3 is 19.3 Å². The summed E-state index contributed by atoms with van der Waals surface area (Å²) in [4.78, 5) is 19.2. The van der Waals surface area contributed by atoms with Crippen LogP contribution in [0.3, 0.4) is 0 Å². The highest BCUT2D eigenvalue weighted by atomic mass is 16.5. The van der Waals surface area contributed by atoms with Gasteiger partial charge in [-0.1, -0.05) is 72.8 Å². The first-order chi connectivity index (χ1) is 19.7. The van der Waals surface area contributed by atoms with E-state index >= 15 is 0 Å². The minimum atomic E-state index is -1.24. The number of amides is 1. The highest BCUT2D eigenvalue weighted by Gasteiger charge is 2.53. The van der Waals surface area contributed by atoms with E-state index in [9.17, 15) is 4.79 Å². The second kappa shape index (κ2) is 13.4. The molecule has 8 heteroatoms. The number of ether oxygens (including phenoxy) is 3. The normalized spacial score (nSPS) is 21.1. The van der Waals surface area contributed by atoms with Crippen LogP contribution in [0, 0.1) is 0 Å². The van der Waals surface area contributed by atoms with Gasteiger partial charge in [0.1, 0.15) is 5.75 Å². The van der Waals surface area contributed by atoms with Gasteiger partial charge in [0.05, 0.1) is 19.8 Å². The Kier molecular flexibility index (Phi) is 9.23. The molecule has 0 radical (unpaired) electrons. The van der Waals surface area contributed by atoms with Crippen LogP contribution in [0.4, 0.5) is 0 Å². The van der Waals surface area contributed by atoms with Crippen LogP contribution in [-0.2, 0) is 14.3 Å². The van der Waals surface area contributed by atoms with Crippen LogP contribution in [0.15, 0.2) is 96.0 Å². The van der Waals surface area contributed by atoms with Crippen molar-refractivity contribution in [2.45, 2.75) is 24.5 Å². The highest BCUT2D eigenvalue weighted by molar-refractivity contribution is 6.01. The lowest BCUT2D eigenvalue weighted by atomic mass is 9.84. The lowest BCUT2D eigenvalue weighted by Gasteiger charge is -2.34. The number of carbonyl (C=O) groups is 1. The monoisotopic (exact) mass is 541 g/mol. The third-order valence-corrected chi connectivity index (χ3v) is 6.94. The predicted molar refractivity (Wildman–Crippen MR) is 154 cm³/mol. The molecule has 8 nitrogen and oxygen atoms in total. The molecule has 5 rings (SSSR count). The molecule has 40 heavy (non-hydrogen) atoms. The average molecular weight is 542 g/mol. The molecule has 1 saturated heterocycles. The summed E-state index contributed by atoms with van der Waals surface area (Å²) in [7, 11) is 0. The van der Waals surface area contributed by atoms with Crippen molar-refractivity contribution in [3.05, 3.63) is 108 Å². The van der Waals surface area contributed by atoms with Gasteiger partial charge in [-0.25, -0.2) is 10.0 Å². The third-order valence-electron chi connectivity index (χ3n) is 6.94. The first-order valence-corrected chi connectivity index (χ1v) is 13.7. The van der Waals surface area contributed by atoms with Crippen molar-refractivity contribution in [3.8, 4) is 5.75 Å². The first-order valence-electron chi connectivity index (χ1n) is 13.7. The fourth-order valence-electron chi connectivity index (χ4n) is 4.80. The molecular formula is C32H35N3O5. The fourth-order valence-corrected chi connectivity index (χ4v) is 4.80. The standard InChI is InChI=1S/C32H35N3O5/c36-21-8-22-39-28-16-14-27(15-17-28)30-33-32(18-7-11-25-9-3-1-4-10-25,29(40-30)26-12-5-2-6-13-26)31(37)34-35-19-23-38-24-20-35/h1-7,9-17,29,36H,8,18-24H2,(H,34,37)/b11-7+/t29-,32-/m0/s1. The van der Waals surface area contributed by atoms with Gasteiger partial charge in [0.15, 0.2) is 11.6 Å². The van der Waals surface area contributed by atoms with Crippen molar-refractivity contribution in [1.29, 1.82) is 0 Å². The third kappa shape index (κ3) is 6.59. The average Bonchev–Trinajstić information content (AvgIpc) is 3.40.